The van der Waals surface area contributed by atoms with Crippen molar-refractivity contribution in [1.29, 1.82) is 0 Å². The molecule has 1 aliphatic heterocycles. The van der Waals surface area contributed by atoms with Crippen LogP contribution < -0.4 is 0 Å². The van der Waals surface area contributed by atoms with Crippen molar-refractivity contribution in [3.05, 3.63) is 34.9 Å². The number of nitrogens with zero attached hydrogens (tertiary/aromatic N) is 1. The van der Waals surface area contributed by atoms with Gasteiger partial charge in [0.1, 0.15) is 0 Å². The van der Waals surface area contributed by atoms with Crippen LogP contribution in [0, 0.1) is 5.92 Å². The highest BCUT2D eigenvalue weighted by atomic mass is 16.1. The summed E-state index contributed by atoms with van der Waals surface area (Å²) in [4.78, 5) is 16.7. The van der Waals surface area contributed by atoms with Crippen molar-refractivity contribution in [3.63, 3.8) is 0 Å². The molecule has 1 heterocycles. The maximum Gasteiger partial charge on any atom is 0.273 e. The molecule has 0 fully saturated rings. The summed E-state index contributed by atoms with van der Waals surface area (Å²) in [6.07, 6.45) is 16.5. The Morgan fingerprint density at radius 2 is 2.13 bits per heavy atom. The van der Waals surface area contributed by atoms with Gasteiger partial charge in [-0.25, -0.2) is 4.99 Å². The Morgan fingerprint density at radius 1 is 1.30 bits per heavy atom. The Bertz CT molecular complexity index is 548. The summed E-state index contributed by atoms with van der Waals surface area (Å²) in [5, 5.41) is 0. The van der Waals surface area contributed by atoms with Crippen molar-refractivity contribution < 1.29 is 4.79 Å². The Kier molecular flexibility index (Phi) is 7.01. The van der Waals surface area contributed by atoms with Gasteiger partial charge in [0.05, 0.1) is 0 Å². The molecule has 0 aromatic rings. The summed E-state index contributed by atoms with van der Waals surface area (Å²) < 4.78 is 0. The van der Waals surface area contributed by atoms with Crippen molar-refractivity contribution in [2.75, 3.05) is 0 Å². The maximum absolute atomic E-state index is 12.3. The fourth-order valence-corrected chi connectivity index (χ4v) is 3.68. The summed E-state index contributed by atoms with van der Waals surface area (Å²) in [5.74, 6) is 0.812. The molecule has 2 heteroatoms. The molecular formula is C21H31NO. The first-order chi connectivity index (χ1) is 11.2. The van der Waals surface area contributed by atoms with E-state index >= 15 is 0 Å². The second-order valence-electron chi connectivity index (χ2n) is 6.95. The van der Waals surface area contributed by atoms with Crippen LogP contribution in [0.1, 0.15) is 78.6 Å². The first-order valence-corrected chi connectivity index (χ1v) is 9.31. The lowest BCUT2D eigenvalue weighted by Gasteiger charge is -2.16. The first-order valence-electron chi connectivity index (χ1n) is 9.31. The van der Waals surface area contributed by atoms with Gasteiger partial charge < -0.3 is 0 Å². The van der Waals surface area contributed by atoms with Gasteiger partial charge in [0.2, 0.25) is 0 Å². The maximum atomic E-state index is 12.3. The standard InChI is InChI=1S/C21H31NO/c1-4-9-16(3)11-8-13-18-15-20(21(23)22-18)19-14-7-6-12-17(19)10-5-2/h5,10,12,16H,4,6-9,11,13-15H2,1-3H3/b10-5-,20-19+. The summed E-state index contributed by atoms with van der Waals surface area (Å²) >= 11 is 0. The van der Waals surface area contributed by atoms with Crippen LogP contribution in [0.3, 0.4) is 0 Å². The van der Waals surface area contributed by atoms with E-state index in [1.54, 1.807) is 0 Å². The minimum Gasteiger partial charge on any atom is -0.267 e. The lowest BCUT2D eigenvalue weighted by molar-refractivity contribution is -0.114. The zero-order valence-electron chi connectivity index (χ0n) is 15.0. The third-order valence-electron chi connectivity index (χ3n) is 4.90. The van der Waals surface area contributed by atoms with E-state index in [-0.39, 0.29) is 5.91 Å². The van der Waals surface area contributed by atoms with Crippen molar-refractivity contribution in [3.8, 4) is 0 Å². The van der Waals surface area contributed by atoms with E-state index in [1.165, 1.54) is 30.4 Å². The molecule has 0 spiro atoms. The fourth-order valence-electron chi connectivity index (χ4n) is 3.68. The van der Waals surface area contributed by atoms with E-state index < -0.39 is 0 Å². The second kappa shape index (κ2) is 9.00. The van der Waals surface area contributed by atoms with E-state index in [9.17, 15) is 4.79 Å². The summed E-state index contributed by atoms with van der Waals surface area (Å²) in [5.41, 5.74) is 4.56. The highest BCUT2D eigenvalue weighted by Crippen LogP contribution is 2.32. The Balaban J connectivity index is 1.98. The molecule has 0 saturated heterocycles. The quantitative estimate of drug-likeness (QED) is 0.534. The van der Waals surface area contributed by atoms with E-state index in [0.29, 0.717) is 0 Å². The second-order valence-corrected chi connectivity index (χ2v) is 6.95. The SMILES string of the molecule is C/C=C\C1=CCCC/C1=C1/CC(CCCC(C)CCC)=NC1=O. The number of rotatable bonds is 7. The number of allylic oxidation sites excluding steroid dienone is 5. The van der Waals surface area contributed by atoms with Gasteiger partial charge in [-0.2, -0.15) is 0 Å². The van der Waals surface area contributed by atoms with E-state index in [2.05, 4.69) is 37.1 Å². The Hall–Kier alpha value is -1.44. The van der Waals surface area contributed by atoms with Crippen LogP contribution in [0.4, 0.5) is 0 Å². The minimum absolute atomic E-state index is 0.0221. The zero-order valence-corrected chi connectivity index (χ0v) is 15.0. The minimum atomic E-state index is 0.0221. The molecule has 0 saturated carbocycles. The molecule has 0 N–H and O–H groups in total. The molecule has 0 aromatic heterocycles. The lowest BCUT2D eigenvalue weighted by atomic mass is 9.87. The van der Waals surface area contributed by atoms with Crippen LogP contribution in [0.15, 0.2) is 39.9 Å². The molecule has 0 bridgehead atoms. The number of amides is 1. The number of carbonyl (C=O) groups excluding carboxylic acids is 1. The van der Waals surface area contributed by atoms with Gasteiger partial charge in [-0.3, -0.25) is 4.79 Å². The fraction of sp³-hybridized carbons (Fsp3) is 0.619. The van der Waals surface area contributed by atoms with Gasteiger partial charge in [-0.1, -0.05) is 51.3 Å². The van der Waals surface area contributed by atoms with Gasteiger partial charge in [0.15, 0.2) is 0 Å². The lowest BCUT2D eigenvalue weighted by Crippen LogP contribution is -2.04. The van der Waals surface area contributed by atoms with Crippen LogP contribution >= 0.6 is 0 Å². The zero-order chi connectivity index (χ0) is 16.7. The molecule has 1 unspecified atom stereocenters. The van der Waals surface area contributed by atoms with Crippen LogP contribution in [0.5, 0.6) is 0 Å². The summed E-state index contributed by atoms with van der Waals surface area (Å²) in [7, 11) is 0. The van der Waals surface area contributed by atoms with Crippen LogP contribution in [-0.4, -0.2) is 11.6 Å². The molecule has 2 nitrogen and oxygen atoms in total. The predicted octanol–water partition coefficient (Wildman–Crippen LogP) is 5.95. The average Bonchev–Trinajstić information content (AvgIpc) is 2.89. The van der Waals surface area contributed by atoms with E-state index in [0.717, 1.165) is 55.7 Å². The molecule has 2 aliphatic rings. The van der Waals surface area contributed by atoms with Crippen molar-refractivity contribution in [2.24, 2.45) is 10.9 Å². The molecule has 1 atom stereocenters. The van der Waals surface area contributed by atoms with Crippen LogP contribution in [-0.2, 0) is 4.79 Å². The Labute approximate surface area is 141 Å². The number of aliphatic imine (C=N–C) groups is 1. The van der Waals surface area contributed by atoms with Crippen molar-refractivity contribution in [2.45, 2.75) is 78.6 Å². The first kappa shape index (κ1) is 17.9. The van der Waals surface area contributed by atoms with Crippen LogP contribution in [0.2, 0.25) is 0 Å². The Morgan fingerprint density at radius 3 is 2.87 bits per heavy atom. The molecule has 1 aliphatic carbocycles. The highest BCUT2D eigenvalue weighted by molar-refractivity contribution is 6.13. The predicted molar refractivity (Wildman–Crippen MR) is 98.8 cm³/mol. The van der Waals surface area contributed by atoms with Gasteiger partial charge in [0.25, 0.3) is 5.91 Å². The van der Waals surface area contributed by atoms with E-state index in [1.807, 2.05) is 6.92 Å². The van der Waals surface area contributed by atoms with Gasteiger partial charge in [-0.05, 0) is 56.1 Å². The monoisotopic (exact) mass is 313 g/mol. The average molecular weight is 313 g/mol. The molecule has 1 amide bonds. The molecule has 23 heavy (non-hydrogen) atoms. The smallest absolute Gasteiger partial charge is 0.267 e. The molecule has 0 radical (unpaired) electrons. The third kappa shape index (κ3) is 5.02. The number of hydrogen-bond acceptors (Lipinski definition) is 1. The summed E-state index contributed by atoms with van der Waals surface area (Å²) in [6, 6.07) is 0. The highest BCUT2D eigenvalue weighted by Gasteiger charge is 2.25. The molecule has 126 valence electrons. The third-order valence-corrected chi connectivity index (χ3v) is 4.90. The van der Waals surface area contributed by atoms with Crippen molar-refractivity contribution in [1.82, 2.24) is 0 Å². The van der Waals surface area contributed by atoms with Gasteiger partial charge in [-0.15, -0.1) is 0 Å². The van der Waals surface area contributed by atoms with Crippen molar-refractivity contribution >= 4 is 11.6 Å². The van der Waals surface area contributed by atoms with Gasteiger partial charge >= 0.3 is 0 Å². The van der Waals surface area contributed by atoms with Gasteiger partial charge in [0, 0.05) is 17.7 Å². The van der Waals surface area contributed by atoms with E-state index in [4.69, 9.17) is 0 Å². The normalized spacial score (nSPS) is 23.3. The topological polar surface area (TPSA) is 29.4 Å². The largest absolute Gasteiger partial charge is 0.273 e. The number of hydrogen-bond donors (Lipinski definition) is 0. The molecule has 0 aromatic carbocycles. The molecule has 2 rings (SSSR count). The summed E-state index contributed by atoms with van der Waals surface area (Å²) in [6.45, 7) is 6.61. The number of carbonyl (C=O) groups is 1. The van der Waals surface area contributed by atoms with Crippen LogP contribution in [0.25, 0.3) is 0 Å². The molecular weight excluding hydrogens is 282 g/mol.